The summed E-state index contributed by atoms with van der Waals surface area (Å²) in [7, 11) is 0. The topological polar surface area (TPSA) is 113 Å². The molecular weight excluding hydrogens is 300 g/mol. The molecule has 1 heterocycles. The molecule has 0 spiro atoms. The van der Waals surface area contributed by atoms with E-state index in [2.05, 4.69) is 0 Å². The Hall–Kier alpha value is -1.96. The molecule has 23 heavy (non-hydrogen) atoms. The van der Waals surface area contributed by atoms with Crippen molar-refractivity contribution < 1.29 is 24.5 Å². The number of ether oxygens (including phenoxy) is 1. The molecule has 1 aromatic rings. The van der Waals surface area contributed by atoms with Crippen LogP contribution in [0.5, 0.6) is 0 Å². The largest absolute Gasteiger partial charge is 0.479 e. The number of nitrogens with zero attached hydrogens (tertiary/aromatic N) is 1. The number of aliphatic hydroxyl groups is 1. The van der Waals surface area contributed by atoms with Crippen LogP contribution >= 0.6 is 0 Å². The predicted octanol–water partition coefficient (Wildman–Crippen LogP) is -0.0314. The molecule has 7 nitrogen and oxygen atoms in total. The molecule has 0 bridgehead atoms. The number of carboxylic acids is 1. The smallest absolute Gasteiger partial charge is 0.335 e. The molecule has 2 rings (SSSR count). The van der Waals surface area contributed by atoms with E-state index in [1.807, 2.05) is 35.2 Å². The zero-order valence-electron chi connectivity index (χ0n) is 12.9. The van der Waals surface area contributed by atoms with E-state index in [1.54, 1.807) is 0 Å². The van der Waals surface area contributed by atoms with Gasteiger partial charge in [0.25, 0.3) is 0 Å². The summed E-state index contributed by atoms with van der Waals surface area (Å²) < 4.78 is 5.18. The molecule has 1 atom stereocenters. The van der Waals surface area contributed by atoms with Crippen LogP contribution in [-0.2, 0) is 20.9 Å². The van der Waals surface area contributed by atoms with Crippen LogP contribution in [0.4, 0.5) is 0 Å². The SMILES string of the molecule is NC(CN1CCC(O)(C(=O)O)CC1)C(=O)OCc1ccccc1. The molecule has 0 saturated carbocycles. The Morgan fingerprint density at radius 3 is 2.43 bits per heavy atom. The first-order valence-electron chi connectivity index (χ1n) is 7.55. The molecule has 0 radical (unpaired) electrons. The predicted molar refractivity (Wildman–Crippen MR) is 82.5 cm³/mol. The number of aliphatic carboxylic acids is 1. The van der Waals surface area contributed by atoms with Crippen LogP contribution in [0.3, 0.4) is 0 Å². The fourth-order valence-corrected chi connectivity index (χ4v) is 2.51. The van der Waals surface area contributed by atoms with E-state index in [0.29, 0.717) is 13.1 Å². The lowest BCUT2D eigenvalue weighted by Gasteiger charge is -2.35. The van der Waals surface area contributed by atoms with Crippen LogP contribution < -0.4 is 5.73 Å². The average molecular weight is 322 g/mol. The molecular formula is C16H22N2O5. The minimum Gasteiger partial charge on any atom is -0.479 e. The van der Waals surface area contributed by atoms with Crippen LogP contribution in [0.1, 0.15) is 18.4 Å². The third-order valence-corrected chi connectivity index (χ3v) is 4.06. The van der Waals surface area contributed by atoms with Gasteiger partial charge in [-0.25, -0.2) is 4.79 Å². The second kappa shape index (κ2) is 7.54. The number of esters is 1. The summed E-state index contributed by atoms with van der Waals surface area (Å²) in [6.07, 6.45) is 0.238. The monoisotopic (exact) mass is 322 g/mol. The second-order valence-corrected chi connectivity index (χ2v) is 5.84. The number of carbonyl (C=O) groups excluding carboxylic acids is 1. The molecule has 126 valence electrons. The zero-order valence-corrected chi connectivity index (χ0v) is 12.9. The fraction of sp³-hybridized carbons (Fsp3) is 0.500. The van der Waals surface area contributed by atoms with E-state index in [1.165, 1.54) is 0 Å². The molecule has 0 aliphatic carbocycles. The standard InChI is InChI=1S/C16H22N2O5/c17-13(14(19)23-11-12-4-2-1-3-5-12)10-18-8-6-16(22,7-9-18)15(20)21/h1-5,13,22H,6-11,17H2,(H,20,21). The zero-order chi connectivity index (χ0) is 16.9. The van der Waals surface area contributed by atoms with Gasteiger partial charge in [0.05, 0.1) is 0 Å². The van der Waals surface area contributed by atoms with Crippen molar-refractivity contribution in [1.29, 1.82) is 0 Å². The van der Waals surface area contributed by atoms with Gasteiger partial charge in [0.2, 0.25) is 0 Å². The van der Waals surface area contributed by atoms with Crippen LogP contribution in [0.25, 0.3) is 0 Å². The van der Waals surface area contributed by atoms with Gasteiger partial charge >= 0.3 is 11.9 Å². The van der Waals surface area contributed by atoms with Gasteiger partial charge in [0.1, 0.15) is 12.6 Å². The van der Waals surface area contributed by atoms with E-state index >= 15 is 0 Å². The summed E-state index contributed by atoms with van der Waals surface area (Å²) in [5.41, 5.74) is 5.06. The van der Waals surface area contributed by atoms with Crippen molar-refractivity contribution in [2.45, 2.75) is 31.1 Å². The molecule has 0 aromatic heterocycles. The average Bonchev–Trinajstić information content (AvgIpc) is 2.55. The maximum atomic E-state index is 11.9. The Morgan fingerprint density at radius 1 is 1.26 bits per heavy atom. The van der Waals surface area contributed by atoms with Crippen molar-refractivity contribution >= 4 is 11.9 Å². The third-order valence-electron chi connectivity index (χ3n) is 4.06. The van der Waals surface area contributed by atoms with E-state index in [9.17, 15) is 14.7 Å². The molecule has 7 heteroatoms. The number of benzene rings is 1. The number of carboxylic acid groups (broad SMARTS) is 1. The van der Waals surface area contributed by atoms with Gasteiger partial charge in [-0.05, 0) is 18.4 Å². The number of rotatable bonds is 6. The van der Waals surface area contributed by atoms with Crippen LogP contribution in [0.2, 0.25) is 0 Å². The Bertz CT molecular complexity index is 541. The fourth-order valence-electron chi connectivity index (χ4n) is 2.51. The molecule has 1 saturated heterocycles. The van der Waals surface area contributed by atoms with Gasteiger partial charge < -0.3 is 25.6 Å². The highest BCUT2D eigenvalue weighted by atomic mass is 16.5. The Labute approximate surface area is 134 Å². The van der Waals surface area contributed by atoms with Gasteiger partial charge in [0, 0.05) is 19.6 Å². The van der Waals surface area contributed by atoms with Gasteiger partial charge in [-0.3, -0.25) is 4.79 Å². The number of nitrogens with two attached hydrogens (primary N) is 1. The highest BCUT2D eigenvalue weighted by Gasteiger charge is 2.39. The lowest BCUT2D eigenvalue weighted by atomic mass is 9.91. The number of hydrogen-bond donors (Lipinski definition) is 3. The van der Waals surface area contributed by atoms with Crippen molar-refractivity contribution in [3.8, 4) is 0 Å². The molecule has 1 aliphatic rings. The minimum absolute atomic E-state index is 0.119. The van der Waals surface area contributed by atoms with Gasteiger partial charge in [0.15, 0.2) is 5.60 Å². The van der Waals surface area contributed by atoms with Crippen LogP contribution in [0.15, 0.2) is 30.3 Å². The maximum absolute atomic E-state index is 11.9. The quantitative estimate of drug-likeness (QED) is 0.630. The van der Waals surface area contributed by atoms with E-state index in [4.69, 9.17) is 15.6 Å². The summed E-state index contributed by atoms with van der Waals surface area (Å²) in [5, 5.41) is 18.8. The maximum Gasteiger partial charge on any atom is 0.335 e. The summed E-state index contributed by atoms with van der Waals surface area (Å²) in [4.78, 5) is 24.7. The van der Waals surface area contributed by atoms with Crippen molar-refractivity contribution in [3.05, 3.63) is 35.9 Å². The summed E-state index contributed by atoms with van der Waals surface area (Å²) >= 11 is 0. The first-order chi connectivity index (χ1) is 10.9. The van der Waals surface area contributed by atoms with E-state index < -0.39 is 23.6 Å². The summed E-state index contributed by atoms with van der Waals surface area (Å²) in [6, 6.07) is 8.52. The number of hydrogen-bond acceptors (Lipinski definition) is 6. The Balaban J connectivity index is 1.75. The van der Waals surface area contributed by atoms with Gasteiger partial charge in [-0.1, -0.05) is 30.3 Å². The van der Waals surface area contributed by atoms with Crippen molar-refractivity contribution in [2.24, 2.45) is 5.73 Å². The Kier molecular flexibility index (Phi) is 5.70. The van der Waals surface area contributed by atoms with E-state index in [-0.39, 0.29) is 26.0 Å². The first-order valence-corrected chi connectivity index (χ1v) is 7.55. The Morgan fingerprint density at radius 2 is 1.87 bits per heavy atom. The van der Waals surface area contributed by atoms with Crippen molar-refractivity contribution in [3.63, 3.8) is 0 Å². The summed E-state index contributed by atoms with van der Waals surface area (Å²) in [5.74, 6) is -1.70. The van der Waals surface area contributed by atoms with Gasteiger partial charge in [-0.2, -0.15) is 0 Å². The third kappa shape index (κ3) is 4.75. The molecule has 1 aromatic carbocycles. The molecule has 1 aliphatic heterocycles. The summed E-state index contributed by atoms with van der Waals surface area (Å²) in [6.45, 7) is 1.21. The number of likely N-dealkylation sites (tertiary alicyclic amines) is 1. The molecule has 1 unspecified atom stereocenters. The van der Waals surface area contributed by atoms with Crippen LogP contribution in [-0.4, -0.2) is 58.3 Å². The van der Waals surface area contributed by atoms with Crippen LogP contribution in [0, 0.1) is 0 Å². The molecule has 1 fully saturated rings. The molecule has 4 N–H and O–H groups in total. The number of carbonyl (C=O) groups is 2. The van der Waals surface area contributed by atoms with Crippen molar-refractivity contribution in [2.75, 3.05) is 19.6 Å². The second-order valence-electron chi connectivity index (χ2n) is 5.84. The molecule has 0 amide bonds. The highest BCUT2D eigenvalue weighted by molar-refractivity contribution is 5.77. The lowest BCUT2D eigenvalue weighted by molar-refractivity contribution is -0.164. The van der Waals surface area contributed by atoms with Crippen molar-refractivity contribution in [1.82, 2.24) is 4.90 Å². The number of piperidine rings is 1. The van der Waals surface area contributed by atoms with Gasteiger partial charge in [-0.15, -0.1) is 0 Å². The van der Waals surface area contributed by atoms with E-state index in [0.717, 1.165) is 5.56 Å². The minimum atomic E-state index is -1.67. The normalized spacial score (nSPS) is 19.0. The lowest BCUT2D eigenvalue weighted by Crippen LogP contribution is -2.52. The highest BCUT2D eigenvalue weighted by Crippen LogP contribution is 2.22. The first kappa shape index (κ1) is 17.4.